The lowest BCUT2D eigenvalue weighted by atomic mass is 9.77. The number of fused-ring (bicyclic) bond motifs is 1. The summed E-state index contributed by atoms with van der Waals surface area (Å²) in [6, 6.07) is 10.2. The first-order chi connectivity index (χ1) is 13.8. The van der Waals surface area contributed by atoms with Crippen LogP contribution in [-0.4, -0.2) is 48.6 Å². The quantitative estimate of drug-likeness (QED) is 0.683. The Balaban J connectivity index is 1.33. The van der Waals surface area contributed by atoms with Gasteiger partial charge in [0.2, 0.25) is 5.88 Å². The van der Waals surface area contributed by atoms with Crippen LogP contribution < -0.4 is 4.74 Å². The molecule has 4 atom stereocenters. The first-order valence-corrected chi connectivity index (χ1v) is 10.0. The smallest absolute Gasteiger partial charge is 0.213 e. The molecule has 1 aliphatic heterocycles. The van der Waals surface area contributed by atoms with Gasteiger partial charge < -0.3 is 4.74 Å². The SMILES string of the molecule is Cn1nccc1CN1C[C@H]2C[C@H](Oc3ccccn3)[C@@H](n3cccn3)C[C@H]2C1. The second-order valence-electron chi connectivity index (χ2n) is 8.01. The van der Waals surface area contributed by atoms with Crippen molar-refractivity contribution in [3.8, 4) is 5.88 Å². The molecule has 0 N–H and O–H groups in total. The number of aryl methyl sites for hydroxylation is 1. The second-order valence-corrected chi connectivity index (χ2v) is 8.01. The van der Waals surface area contributed by atoms with Gasteiger partial charge in [-0.2, -0.15) is 10.2 Å². The summed E-state index contributed by atoms with van der Waals surface area (Å²) in [5, 5.41) is 8.83. The second kappa shape index (κ2) is 7.39. The Morgan fingerprint density at radius 1 is 1.00 bits per heavy atom. The van der Waals surface area contributed by atoms with Crippen LogP contribution in [0.1, 0.15) is 24.6 Å². The van der Waals surface area contributed by atoms with Crippen LogP contribution in [0.4, 0.5) is 0 Å². The Morgan fingerprint density at radius 2 is 1.89 bits per heavy atom. The lowest BCUT2D eigenvalue weighted by Gasteiger charge is -2.37. The van der Waals surface area contributed by atoms with E-state index in [9.17, 15) is 0 Å². The van der Waals surface area contributed by atoms with Crippen LogP contribution in [0.25, 0.3) is 0 Å². The van der Waals surface area contributed by atoms with Crippen molar-refractivity contribution >= 4 is 0 Å². The number of pyridine rings is 1. The Kier molecular flexibility index (Phi) is 4.60. The number of nitrogens with zero attached hydrogens (tertiary/aromatic N) is 6. The largest absolute Gasteiger partial charge is 0.472 e. The number of hydrogen-bond acceptors (Lipinski definition) is 5. The molecule has 5 rings (SSSR count). The molecule has 0 amide bonds. The Bertz CT molecular complexity index is 893. The van der Waals surface area contributed by atoms with Gasteiger partial charge in [0.1, 0.15) is 6.10 Å². The molecule has 0 radical (unpaired) electrons. The summed E-state index contributed by atoms with van der Waals surface area (Å²) in [5.41, 5.74) is 1.27. The Morgan fingerprint density at radius 3 is 2.61 bits per heavy atom. The summed E-state index contributed by atoms with van der Waals surface area (Å²) in [6.07, 6.45) is 9.79. The maximum absolute atomic E-state index is 6.36. The van der Waals surface area contributed by atoms with Gasteiger partial charge >= 0.3 is 0 Å². The van der Waals surface area contributed by atoms with E-state index in [1.807, 2.05) is 48.4 Å². The van der Waals surface area contributed by atoms with Crippen molar-refractivity contribution in [1.29, 1.82) is 0 Å². The normalized spacial score (nSPS) is 27.6. The van der Waals surface area contributed by atoms with Crippen molar-refractivity contribution in [2.24, 2.45) is 18.9 Å². The van der Waals surface area contributed by atoms with Crippen molar-refractivity contribution < 1.29 is 4.74 Å². The summed E-state index contributed by atoms with van der Waals surface area (Å²) in [4.78, 5) is 6.94. The average molecular weight is 378 g/mol. The standard InChI is InChI=1S/C21H26N6O/c1-25-18(6-9-23-25)15-26-13-16-11-19(27-10-4-8-24-27)20(12-17(16)14-26)28-21-5-2-3-7-22-21/h2-10,16-17,19-20H,11-15H2,1H3/t16-,17+,19-,20-/m0/s1. The molecule has 2 aliphatic rings. The first-order valence-electron chi connectivity index (χ1n) is 10.0. The van der Waals surface area contributed by atoms with Crippen molar-refractivity contribution in [1.82, 2.24) is 29.4 Å². The fourth-order valence-corrected chi connectivity index (χ4v) is 4.86. The van der Waals surface area contributed by atoms with Gasteiger partial charge in [-0.3, -0.25) is 14.3 Å². The van der Waals surface area contributed by atoms with Gasteiger partial charge in [-0.15, -0.1) is 0 Å². The van der Waals surface area contributed by atoms with Crippen molar-refractivity contribution in [3.05, 3.63) is 60.8 Å². The van der Waals surface area contributed by atoms with E-state index < -0.39 is 0 Å². The molecular weight excluding hydrogens is 352 g/mol. The summed E-state index contributed by atoms with van der Waals surface area (Å²) in [7, 11) is 2.02. The van der Waals surface area contributed by atoms with E-state index in [0.29, 0.717) is 17.7 Å². The minimum absolute atomic E-state index is 0.0905. The minimum Gasteiger partial charge on any atom is -0.472 e. The summed E-state index contributed by atoms with van der Waals surface area (Å²) in [6.45, 7) is 3.20. The molecule has 28 heavy (non-hydrogen) atoms. The fraction of sp³-hybridized carbons (Fsp3) is 0.476. The van der Waals surface area contributed by atoms with Crippen molar-refractivity contribution in [2.45, 2.75) is 31.5 Å². The van der Waals surface area contributed by atoms with E-state index in [1.54, 1.807) is 6.20 Å². The van der Waals surface area contributed by atoms with Gasteiger partial charge in [-0.25, -0.2) is 4.98 Å². The molecule has 0 spiro atoms. The lowest BCUT2D eigenvalue weighted by molar-refractivity contribution is 0.0459. The number of aromatic nitrogens is 5. The molecule has 1 saturated heterocycles. The molecular formula is C21H26N6O. The number of hydrogen-bond donors (Lipinski definition) is 0. The van der Waals surface area contributed by atoms with Crippen LogP contribution in [0, 0.1) is 11.8 Å². The zero-order valence-electron chi connectivity index (χ0n) is 16.1. The van der Waals surface area contributed by atoms with Gasteiger partial charge in [0.15, 0.2) is 0 Å². The maximum Gasteiger partial charge on any atom is 0.213 e. The van der Waals surface area contributed by atoms with Crippen LogP contribution >= 0.6 is 0 Å². The van der Waals surface area contributed by atoms with Gasteiger partial charge in [-0.1, -0.05) is 6.07 Å². The van der Waals surface area contributed by atoms with E-state index >= 15 is 0 Å². The molecule has 0 unspecified atom stereocenters. The highest BCUT2D eigenvalue weighted by Gasteiger charge is 2.44. The summed E-state index contributed by atoms with van der Waals surface area (Å²) >= 11 is 0. The zero-order chi connectivity index (χ0) is 18.9. The van der Waals surface area contributed by atoms with Gasteiger partial charge in [0.05, 0.1) is 11.7 Å². The Hall–Kier alpha value is -2.67. The molecule has 4 heterocycles. The predicted octanol–water partition coefficient (Wildman–Crippen LogP) is 2.54. The molecule has 1 saturated carbocycles. The third-order valence-corrected chi connectivity index (χ3v) is 6.24. The number of rotatable bonds is 5. The fourth-order valence-electron chi connectivity index (χ4n) is 4.86. The van der Waals surface area contributed by atoms with Crippen molar-refractivity contribution in [2.75, 3.05) is 13.1 Å². The third kappa shape index (κ3) is 3.42. The summed E-state index contributed by atoms with van der Waals surface area (Å²) < 4.78 is 10.4. The lowest BCUT2D eigenvalue weighted by Crippen LogP contribution is -2.40. The average Bonchev–Trinajstić information content (AvgIpc) is 3.44. The molecule has 3 aromatic heterocycles. The molecule has 0 aromatic carbocycles. The van der Waals surface area contributed by atoms with Crippen molar-refractivity contribution in [3.63, 3.8) is 0 Å². The highest BCUT2D eigenvalue weighted by Crippen LogP contribution is 2.42. The topological polar surface area (TPSA) is 61.0 Å². The molecule has 3 aromatic rings. The predicted molar refractivity (Wildman–Crippen MR) is 105 cm³/mol. The first kappa shape index (κ1) is 17.4. The van der Waals surface area contributed by atoms with Gasteiger partial charge in [0.25, 0.3) is 0 Å². The third-order valence-electron chi connectivity index (χ3n) is 6.24. The maximum atomic E-state index is 6.36. The van der Waals surface area contributed by atoms with E-state index in [-0.39, 0.29) is 12.1 Å². The van der Waals surface area contributed by atoms with Crippen LogP contribution in [0.2, 0.25) is 0 Å². The Labute approximate surface area is 164 Å². The highest BCUT2D eigenvalue weighted by molar-refractivity contribution is 5.11. The van der Waals surface area contributed by atoms with Crippen LogP contribution in [0.5, 0.6) is 5.88 Å². The molecule has 0 bridgehead atoms. The van der Waals surface area contributed by atoms with Crippen LogP contribution in [0.15, 0.2) is 55.1 Å². The molecule has 7 heteroatoms. The molecule has 2 fully saturated rings. The van der Waals surface area contributed by atoms with Crippen LogP contribution in [-0.2, 0) is 13.6 Å². The van der Waals surface area contributed by atoms with Gasteiger partial charge in [-0.05, 0) is 42.9 Å². The summed E-state index contributed by atoms with van der Waals surface area (Å²) in [5.74, 6) is 2.02. The molecule has 146 valence electrons. The zero-order valence-corrected chi connectivity index (χ0v) is 16.1. The van der Waals surface area contributed by atoms with E-state index in [4.69, 9.17) is 4.74 Å². The van der Waals surface area contributed by atoms with E-state index in [0.717, 1.165) is 32.5 Å². The monoisotopic (exact) mass is 378 g/mol. The van der Waals surface area contributed by atoms with E-state index in [2.05, 4.69) is 37.0 Å². The van der Waals surface area contributed by atoms with Gasteiger partial charge in [0, 0.05) is 57.5 Å². The van der Waals surface area contributed by atoms with Crippen LogP contribution in [0.3, 0.4) is 0 Å². The molecule has 7 nitrogen and oxygen atoms in total. The van der Waals surface area contributed by atoms with E-state index in [1.165, 1.54) is 5.69 Å². The number of likely N-dealkylation sites (tertiary alicyclic amines) is 1. The minimum atomic E-state index is 0.0905. The highest BCUT2D eigenvalue weighted by atomic mass is 16.5. The number of ether oxygens (including phenoxy) is 1. The molecule has 1 aliphatic carbocycles.